The zero-order valence-corrected chi connectivity index (χ0v) is 21.6. The summed E-state index contributed by atoms with van der Waals surface area (Å²) in [5, 5.41) is 24.2. The second-order valence-electron chi connectivity index (χ2n) is 8.67. The van der Waals surface area contributed by atoms with Crippen LogP contribution in [-0.2, 0) is 6.61 Å². The van der Waals surface area contributed by atoms with E-state index in [1.54, 1.807) is 13.8 Å². The van der Waals surface area contributed by atoms with Gasteiger partial charge in [0.25, 0.3) is 5.91 Å². The van der Waals surface area contributed by atoms with E-state index in [1.165, 1.54) is 6.92 Å². The summed E-state index contributed by atoms with van der Waals surface area (Å²) in [5.41, 5.74) is 4.19. The first kappa shape index (κ1) is 30.3. The number of hydrogen-bond acceptors (Lipinski definition) is 8. The Bertz CT molecular complexity index is 1070. The summed E-state index contributed by atoms with van der Waals surface area (Å²) >= 11 is 0.678. The number of nitrogens with one attached hydrogen (secondary N) is 2. The first-order chi connectivity index (χ1) is 17.4. The van der Waals surface area contributed by atoms with Gasteiger partial charge in [-0.25, -0.2) is 18.0 Å². The SMILES string of the molecule is Cc1cc(F)c(COc2nsc(NC(=O)NCCCCN(CC(C)O)CC(C)O)c2C(N)=O)c(F)c1F. The monoisotopic (exact) mass is 547 g/mol. The summed E-state index contributed by atoms with van der Waals surface area (Å²) < 4.78 is 51.1. The van der Waals surface area contributed by atoms with E-state index in [0.29, 0.717) is 50.6 Å². The number of halogens is 3. The molecule has 37 heavy (non-hydrogen) atoms. The molecule has 0 fully saturated rings. The van der Waals surface area contributed by atoms with Crippen molar-refractivity contribution in [1.29, 1.82) is 0 Å². The second kappa shape index (κ2) is 14.1. The van der Waals surface area contributed by atoms with Crippen molar-refractivity contribution in [3.63, 3.8) is 0 Å². The first-order valence-electron chi connectivity index (χ1n) is 11.6. The van der Waals surface area contributed by atoms with Crippen LogP contribution in [0.1, 0.15) is 48.2 Å². The van der Waals surface area contributed by atoms with E-state index >= 15 is 0 Å². The molecule has 14 heteroatoms. The smallest absolute Gasteiger partial charge is 0.319 e. The predicted molar refractivity (Wildman–Crippen MR) is 132 cm³/mol. The fraction of sp³-hybridized carbons (Fsp3) is 0.522. The highest BCUT2D eigenvalue weighted by Gasteiger charge is 2.24. The van der Waals surface area contributed by atoms with Crippen LogP contribution in [0.4, 0.5) is 23.0 Å². The minimum atomic E-state index is -1.41. The summed E-state index contributed by atoms with van der Waals surface area (Å²) in [6.45, 7) is 5.54. The first-order valence-corrected chi connectivity index (χ1v) is 12.4. The maximum atomic E-state index is 14.1. The van der Waals surface area contributed by atoms with Crippen LogP contribution in [0.25, 0.3) is 0 Å². The summed E-state index contributed by atoms with van der Waals surface area (Å²) in [4.78, 5) is 26.1. The molecule has 2 rings (SSSR count). The van der Waals surface area contributed by atoms with Crippen molar-refractivity contribution in [3.05, 3.63) is 40.2 Å². The number of urea groups is 1. The number of rotatable bonds is 14. The highest BCUT2D eigenvalue weighted by Crippen LogP contribution is 2.31. The third-order valence-corrected chi connectivity index (χ3v) is 5.90. The molecule has 0 aliphatic heterocycles. The molecule has 1 aromatic carbocycles. The van der Waals surface area contributed by atoms with Crippen LogP contribution in [0, 0.1) is 24.4 Å². The van der Waals surface area contributed by atoms with Crippen molar-refractivity contribution in [3.8, 4) is 5.88 Å². The minimum absolute atomic E-state index is 0.0314. The average Bonchev–Trinajstić information content (AvgIpc) is 3.18. The Morgan fingerprint density at radius 1 is 1.16 bits per heavy atom. The number of ether oxygens (including phenoxy) is 1. The number of hydrogen-bond donors (Lipinski definition) is 5. The van der Waals surface area contributed by atoms with Crippen molar-refractivity contribution < 1.29 is 37.7 Å². The molecule has 0 radical (unpaired) electrons. The number of aromatic nitrogens is 1. The van der Waals surface area contributed by atoms with Crippen molar-refractivity contribution in [1.82, 2.24) is 14.6 Å². The molecular formula is C23H32F3N5O5S. The Balaban J connectivity index is 1.91. The molecule has 6 N–H and O–H groups in total. The van der Waals surface area contributed by atoms with Gasteiger partial charge in [0.15, 0.2) is 11.6 Å². The number of aliphatic hydroxyl groups excluding tert-OH is 2. The molecule has 0 saturated carbocycles. The lowest BCUT2D eigenvalue weighted by molar-refractivity contribution is 0.0826. The van der Waals surface area contributed by atoms with Crippen LogP contribution in [0.15, 0.2) is 6.07 Å². The maximum absolute atomic E-state index is 14.1. The molecule has 2 aromatic rings. The zero-order valence-electron chi connectivity index (χ0n) is 20.8. The second-order valence-corrected chi connectivity index (χ2v) is 9.45. The molecule has 1 heterocycles. The van der Waals surface area contributed by atoms with Crippen LogP contribution < -0.4 is 21.1 Å². The normalized spacial score (nSPS) is 12.9. The van der Waals surface area contributed by atoms with Gasteiger partial charge in [0.2, 0.25) is 5.88 Å². The highest BCUT2D eigenvalue weighted by molar-refractivity contribution is 7.11. The zero-order chi connectivity index (χ0) is 27.7. The minimum Gasteiger partial charge on any atom is -0.471 e. The molecule has 0 bridgehead atoms. The molecule has 206 valence electrons. The van der Waals surface area contributed by atoms with E-state index in [4.69, 9.17) is 10.5 Å². The largest absolute Gasteiger partial charge is 0.471 e. The van der Waals surface area contributed by atoms with Crippen LogP contribution in [0.3, 0.4) is 0 Å². The van der Waals surface area contributed by atoms with E-state index in [0.717, 1.165) is 6.07 Å². The topological polar surface area (TPSA) is 150 Å². The summed E-state index contributed by atoms with van der Waals surface area (Å²) in [6, 6.07) is 0.183. The lowest BCUT2D eigenvalue weighted by atomic mass is 10.1. The molecule has 0 saturated heterocycles. The number of primary amides is 1. The highest BCUT2D eigenvalue weighted by atomic mass is 32.1. The lowest BCUT2D eigenvalue weighted by Crippen LogP contribution is -2.37. The van der Waals surface area contributed by atoms with E-state index in [9.17, 15) is 33.0 Å². The van der Waals surface area contributed by atoms with Crippen molar-refractivity contribution >= 4 is 28.5 Å². The number of carbonyl (C=O) groups is 2. The van der Waals surface area contributed by atoms with E-state index < -0.39 is 53.8 Å². The third kappa shape index (κ3) is 9.14. The molecule has 3 amide bonds. The van der Waals surface area contributed by atoms with Crippen molar-refractivity contribution in [2.45, 2.75) is 52.4 Å². The third-order valence-electron chi connectivity index (χ3n) is 5.15. The van der Waals surface area contributed by atoms with Gasteiger partial charge in [-0.15, -0.1) is 0 Å². The van der Waals surface area contributed by atoms with Crippen LogP contribution in [0.5, 0.6) is 5.88 Å². The van der Waals surface area contributed by atoms with E-state index in [1.807, 2.05) is 4.90 Å². The summed E-state index contributed by atoms with van der Waals surface area (Å²) in [7, 11) is 0. The molecule has 1 aromatic heterocycles. The summed E-state index contributed by atoms with van der Waals surface area (Å²) in [5.74, 6) is -5.00. The van der Waals surface area contributed by atoms with Gasteiger partial charge < -0.3 is 26.0 Å². The standard InChI is InChI=1S/C23H32F3N5O5S/c1-12-8-16(24)15(19(26)18(12)25)11-36-21-17(20(27)34)22(37-30-21)29-23(35)28-6-4-5-7-31(9-13(2)32)10-14(3)33/h8,13-14,32-33H,4-7,9-11H2,1-3H3,(H2,27,34)(H2,28,29,35). The number of amides is 3. The Hall–Kier alpha value is -2.94. The van der Waals surface area contributed by atoms with Gasteiger partial charge >= 0.3 is 6.03 Å². The summed E-state index contributed by atoms with van der Waals surface area (Å²) in [6.07, 6.45) is 0.225. The Morgan fingerprint density at radius 2 is 1.81 bits per heavy atom. The molecule has 0 aliphatic carbocycles. The number of anilines is 1. The fourth-order valence-electron chi connectivity index (χ4n) is 3.51. The van der Waals surface area contributed by atoms with Gasteiger partial charge in [0.1, 0.15) is 23.0 Å². The number of benzene rings is 1. The van der Waals surface area contributed by atoms with Gasteiger partial charge in [-0.05, 0) is 63.3 Å². The predicted octanol–water partition coefficient (Wildman–Crippen LogP) is 2.51. The van der Waals surface area contributed by atoms with Crippen LogP contribution >= 0.6 is 11.5 Å². The number of aliphatic hydroxyl groups is 2. The van der Waals surface area contributed by atoms with Crippen LogP contribution in [-0.4, -0.2) is 69.8 Å². The number of carbonyl (C=O) groups excluding carboxylic acids is 2. The Morgan fingerprint density at radius 3 is 2.41 bits per heavy atom. The van der Waals surface area contributed by atoms with Crippen molar-refractivity contribution in [2.24, 2.45) is 5.73 Å². The molecule has 0 spiro atoms. The van der Waals surface area contributed by atoms with Gasteiger partial charge in [-0.2, -0.15) is 4.37 Å². The van der Waals surface area contributed by atoms with Gasteiger partial charge in [0, 0.05) is 19.6 Å². The Kier molecular flexibility index (Phi) is 11.6. The maximum Gasteiger partial charge on any atom is 0.319 e. The van der Waals surface area contributed by atoms with E-state index in [2.05, 4.69) is 15.0 Å². The average molecular weight is 548 g/mol. The fourth-order valence-corrected chi connectivity index (χ4v) is 4.25. The molecule has 2 unspecified atom stereocenters. The molecular weight excluding hydrogens is 515 g/mol. The van der Waals surface area contributed by atoms with Gasteiger partial charge in [0.05, 0.1) is 17.8 Å². The Labute approximate surface area is 216 Å². The quantitative estimate of drug-likeness (QED) is 0.180. The molecule has 10 nitrogen and oxygen atoms in total. The number of unbranched alkanes of at least 4 members (excludes halogenated alkanes) is 1. The van der Waals surface area contributed by atoms with Crippen molar-refractivity contribution in [2.75, 3.05) is 31.5 Å². The molecule has 2 atom stereocenters. The number of aryl methyl sites for hydroxylation is 1. The van der Waals surface area contributed by atoms with Gasteiger partial charge in [-0.1, -0.05) is 0 Å². The lowest BCUT2D eigenvalue weighted by Gasteiger charge is -2.24. The van der Waals surface area contributed by atoms with Gasteiger partial charge in [-0.3, -0.25) is 15.0 Å². The number of nitrogens with zero attached hydrogens (tertiary/aromatic N) is 2. The number of nitrogens with two attached hydrogens (primary N) is 1. The van der Waals surface area contributed by atoms with E-state index in [-0.39, 0.29) is 22.0 Å². The van der Waals surface area contributed by atoms with Crippen LogP contribution in [0.2, 0.25) is 0 Å². The molecule has 0 aliphatic rings.